The lowest BCUT2D eigenvalue weighted by Gasteiger charge is -2.11. The number of esters is 1. The Morgan fingerprint density at radius 2 is 2.04 bits per heavy atom. The first-order valence-electron chi connectivity index (χ1n) is 8.42. The van der Waals surface area contributed by atoms with Gasteiger partial charge >= 0.3 is 12.0 Å². The van der Waals surface area contributed by atoms with Crippen molar-refractivity contribution in [3.63, 3.8) is 0 Å². The van der Waals surface area contributed by atoms with Crippen molar-refractivity contribution in [2.75, 3.05) is 33.9 Å². The summed E-state index contributed by atoms with van der Waals surface area (Å²) in [6, 6.07) is 4.96. The number of nitrogens with zero attached hydrogens (tertiary/aromatic N) is 2. The summed E-state index contributed by atoms with van der Waals surface area (Å²) in [4.78, 5) is 40.7. The van der Waals surface area contributed by atoms with Crippen LogP contribution in [0.5, 0.6) is 11.5 Å². The van der Waals surface area contributed by atoms with E-state index in [-0.39, 0.29) is 13.0 Å². The number of ether oxygens (including phenoxy) is 3. The molecule has 0 bridgehead atoms. The van der Waals surface area contributed by atoms with Crippen molar-refractivity contribution in [3.05, 3.63) is 29.3 Å². The quantitative estimate of drug-likeness (QED) is 0.695. The zero-order chi connectivity index (χ0) is 20.1. The van der Waals surface area contributed by atoms with Gasteiger partial charge in [-0.2, -0.15) is 0 Å². The van der Waals surface area contributed by atoms with E-state index in [4.69, 9.17) is 14.2 Å². The van der Waals surface area contributed by atoms with Gasteiger partial charge in [-0.25, -0.2) is 9.78 Å². The number of amides is 3. The molecule has 0 unspecified atom stereocenters. The minimum Gasteiger partial charge on any atom is -0.493 e. The molecule has 10 heteroatoms. The number of thiazole rings is 1. The van der Waals surface area contributed by atoms with Crippen LogP contribution in [-0.4, -0.2) is 61.7 Å². The van der Waals surface area contributed by atoms with Crippen LogP contribution in [0.25, 0.3) is 10.6 Å². The van der Waals surface area contributed by atoms with Gasteiger partial charge in [-0.15, -0.1) is 11.3 Å². The van der Waals surface area contributed by atoms with Gasteiger partial charge in [-0.3, -0.25) is 14.5 Å². The van der Waals surface area contributed by atoms with Gasteiger partial charge in [0.1, 0.15) is 5.01 Å². The Labute approximate surface area is 165 Å². The van der Waals surface area contributed by atoms with Crippen LogP contribution in [0.2, 0.25) is 0 Å². The third-order valence-electron chi connectivity index (χ3n) is 4.02. The van der Waals surface area contributed by atoms with E-state index in [0.29, 0.717) is 28.7 Å². The van der Waals surface area contributed by atoms with Crippen molar-refractivity contribution in [1.82, 2.24) is 15.2 Å². The number of nitrogens with one attached hydrogen (secondary N) is 1. The van der Waals surface area contributed by atoms with Gasteiger partial charge in [-0.1, -0.05) is 0 Å². The van der Waals surface area contributed by atoms with Crippen LogP contribution in [0.15, 0.2) is 23.6 Å². The maximum atomic E-state index is 12.0. The Bertz CT molecular complexity index is 897. The summed E-state index contributed by atoms with van der Waals surface area (Å²) in [5, 5.41) is 4.98. The van der Waals surface area contributed by atoms with Crippen LogP contribution in [0.3, 0.4) is 0 Å². The number of urea groups is 1. The van der Waals surface area contributed by atoms with Crippen LogP contribution < -0.4 is 14.8 Å². The highest BCUT2D eigenvalue weighted by atomic mass is 32.1. The van der Waals surface area contributed by atoms with Crippen LogP contribution in [0, 0.1) is 0 Å². The molecule has 0 aliphatic carbocycles. The van der Waals surface area contributed by atoms with E-state index >= 15 is 0 Å². The lowest BCUT2D eigenvalue weighted by molar-refractivity contribution is -0.150. The Morgan fingerprint density at radius 1 is 1.25 bits per heavy atom. The highest BCUT2D eigenvalue weighted by Crippen LogP contribution is 2.33. The summed E-state index contributed by atoms with van der Waals surface area (Å²) in [7, 11) is 3.11. The number of hydrogen-bond acceptors (Lipinski definition) is 8. The molecule has 1 N–H and O–H groups in total. The Hall–Kier alpha value is -3.14. The van der Waals surface area contributed by atoms with E-state index in [1.54, 1.807) is 31.7 Å². The molecule has 1 fully saturated rings. The number of benzene rings is 1. The second kappa shape index (κ2) is 8.70. The van der Waals surface area contributed by atoms with Gasteiger partial charge in [-0.05, 0) is 18.2 Å². The van der Waals surface area contributed by atoms with Gasteiger partial charge in [0, 0.05) is 24.0 Å². The zero-order valence-corrected chi connectivity index (χ0v) is 16.2. The van der Waals surface area contributed by atoms with Crippen molar-refractivity contribution in [1.29, 1.82) is 0 Å². The Balaban J connectivity index is 1.57. The minimum absolute atomic E-state index is 0.0662. The van der Waals surface area contributed by atoms with E-state index in [2.05, 4.69) is 10.3 Å². The van der Waals surface area contributed by atoms with Crippen molar-refractivity contribution >= 4 is 29.2 Å². The Morgan fingerprint density at radius 3 is 2.71 bits per heavy atom. The van der Waals surface area contributed by atoms with Crippen molar-refractivity contribution in [2.45, 2.75) is 6.42 Å². The van der Waals surface area contributed by atoms with Gasteiger partial charge in [0.15, 0.2) is 18.1 Å². The van der Waals surface area contributed by atoms with Crippen LogP contribution in [0.4, 0.5) is 4.79 Å². The fraction of sp³-hybridized carbons (Fsp3) is 0.333. The Kier molecular flexibility index (Phi) is 6.09. The lowest BCUT2D eigenvalue weighted by atomic mass is 10.2. The predicted molar refractivity (Wildman–Crippen MR) is 100 cm³/mol. The fourth-order valence-corrected chi connectivity index (χ4v) is 3.44. The van der Waals surface area contributed by atoms with E-state index in [1.165, 1.54) is 11.3 Å². The largest absolute Gasteiger partial charge is 0.493 e. The maximum Gasteiger partial charge on any atom is 0.324 e. The summed E-state index contributed by atoms with van der Waals surface area (Å²) in [5.41, 5.74) is 1.36. The number of carbonyl (C=O) groups is 3. The zero-order valence-electron chi connectivity index (χ0n) is 15.4. The monoisotopic (exact) mass is 405 g/mol. The second-order valence-corrected chi connectivity index (χ2v) is 6.69. The van der Waals surface area contributed by atoms with Gasteiger partial charge in [0.25, 0.3) is 5.91 Å². The molecule has 1 aromatic carbocycles. The number of methoxy groups -OCH3 is 2. The molecule has 3 rings (SSSR count). The second-order valence-electron chi connectivity index (χ2n) is 5.83. The molecule has 0 saturated carbocycles. The molecule has 3 amide bonds. The molecule has 0 spiro atoms. The maximum absolute atomic E-state index is 12.0. The van der Waals surface area contributed by atoms with Crippen molar-refractivity contribution < 1.29 is 28.6 Å². The number of carbonyl (C=O) groups excluding carboxylic acids is 3. The van der Waals surface area contributed by atoms with Crippen LogP contribution >= 0.6 is 11.3 Å². The molecule has 1 saturated heterocycles. The molecule has 1 aliphatic rings. The molecule has 2 heterocycles. The third kappa shape index (κ3) is 4.39. The smallest absolute Gasteiger partial charge is 0.324 e. The summed E-state index contributed by atoms with van der Waals surface area (Å²) in [6.45, 7) is 0.200. The molecule has 28 heavy (non-hydrogen) atoms. The van der Waals surface area contributed by atoms with E-state index in [1.807, 2.05) is 6.07 Å². The number of rotatable bonds is 7. The highest BCUT2D eigenvalue weighted by Gasteiger charge is 2.26. The van der Waals surface area contributed by atoms with E-state index < -0.39 is 24.5 Å². The molecule has 0 atom stereocenters. The average Bonchev–Trinajstić information content (AvgIpc) is 3.34. The molecule has 0 radical (unpaired) electrons. The average molecular weight is 405 g/mol. The number of imide groups is 1. The predicted octanol–water partition coefficient (Wildman–Crippen LogP) is 1.46. The summed E-state index contributed by atoms with van der Waals surface area (Å²) in [6.07, 6.45) is -0.0662. The van der Waals surface area contributed by atoms with Gasteiger partial charge in [0.2, 0.25) is 0 Å². The summed E-state index contributed by atoms with van der Waals surface area (Å²) in [5.74, 6) is 0.0633. The number of aromatic nitrogens is 1. The van der Waals surface area contributed by atoms with Gasteiger partial charge in [0.05, 0.1) is 26.3 Å². The molecular formula is C18H19N3O6S. The normalized spacial score (nSPS) is 13.2. The highest BCUT2D eigenvalue weighted by molar-refractivity contribution is 7.13. The molecule has 1 aromatic heterocycles. The molecule has 1 aliphatic heterocycles. The fourth-order valence-electron chi connectivity index (χ4n) is 2.62. The molecular weight excluding hydrogens is 386 g/mol. The first kappa shape index (κ1) is 19.6. The standard InChI is InChI=1S/C18H19N3O6S/c1-25-13-4-3-11(7-14(13)26-2)17-20-12(10-28-17)8-16(23)27-9-15(22)21-6-5-19-18(21)24/h3-4,7,10H,5-6,8-9H2,1-2H3,(H,19,24). The lowest BCUT2D eigenvalue weighted by Crippen LogP contribution is -2.37. The first-order chi connectivity index (χ1) is 13.5. The van der Waals surface area contributed by atoms with Crippen molar-refractivity contribution in [2.24, 2.45) is 0 Å². The number of hydrogen-bond donors (Lipinski definition) is 1. The van der Waals surface area contributed by atoms with Gasteiger partial charge < -0.3 is 19.5 Å². The molecule has 2 aromatic rings. The molecule has 148 valence electrons. The van der Waals surface area contributed by atoms with Crippen LogP contribution in [0.1, 0.15) is 5.69 Å². The topological polar surface area (TPSA) is 107 Å². The third-order valence-corrected chi connectivity index (χ3v) is 4.96. The van der Waals surface area contributed by atoms with Crippen LogP contribution in [-0.2, 0) is 20.7 Å². The van der Waals surface area contributed by atoms with E-state index in [9.17, 15) is 14.4 Å². The summed E-state index contributed by atoms with van der Waals surface area (Å²) < 4.78 is 15.5. The summed E-state index contributed by atoms with van der Waals surface area (Å²) >= 11 is 1.38. The first-order valence-corrected chi connectivity index (χ1v) is 9.30. The SMILES string of the molecule is COc1ccc(-c2nc(CC(=O)OCC(=O)N3CCNC3=O)cs2)cc1OC. The van der Waals surface area contributed by atoms with Crippen molar-refractivity contribution in [3.8, 4) is 22.1 Å². The minimum atomic E-state index is -0.586. The molecule has 9 nitrogen and oxygen atoms in total. The van der Waals surface area contributed by atoms with E-state index in [0.717, 1.165) is 10.5 Å².